The van der Waals surface area contributed by atoms with Crippen LogP contribution < -0.4 is 5.32 Å². The molecule has 0 aliphatic heterocycles. The summed E-state index contributed by atoms with van der Waals surface area (Å²) in [5.41, 5.74) is 4.63. The lowest BCUT2D eigenvalue weighted by Crippen LogP contribution is -2.12. The van der Waals surface area contributed by atoms with E-state index in [-0.39, 0.29) is 6.04 Å². The first-order valence-electron chi connectivity index (χ1n) is 9.11. The molecule has 0 bridgehead atoms. The van der Waals surface area contributed by atoms with E-state index in [0.717, 1.165) is 34.0 Å². The number of hydrogen-bond donors (Lipinski definition) is 1. The number of benzene rings is 1. The van der Waals surface area contributed by atoms with Gasteiger partial charge in [0.15, 0.2) is 5.82 Å². The second-order valence-corrected chi connectivity index (χ2v) is 6.64. The molecular weight excluding hydrogens is 350 g/mol. The van der Waals surface area contributed by atoms with Crippen LogP contribution in [0.1, 0.15) is 29.9 Å². The molecule has 7 heteroatoms. The van der Waals surface area contributed by atoms with Gasteiger partial charge in [0.25, 0.3) is 0 Å². The Balaban J connectivity index is 1.60. The summed E-state index contributed by atoms with van der Waals surface area (Å²) in [5.74, 6) is 1.44. The van der Waals surface area contributed by atoms with Crippen molar-refractivity contribution in [1.29, 1.82) is 0 Å². The second kappa shape index (κ2) is 7.56. The molecule has 1 atom stereocenters. The number of aryl methyl sites for hydroxylation is 1. The third-order valence-electron chi connectivity index (χ3n) is 4.64. The van der Waals surface area contributed by atoms with Crippen molar-refractivity contribution < 1.29 is 0 Å². The van der Waals surface area contributed by atoms with Crippen molar-refractivity contribution in [2.24, 2.45) is 0 Å². The minimum atomic E-state index is -0.0628. The fourth-order valence-electron chi connectivity index (χ4n) is 2.85. The third kappa shape index (κ3) is 3.59. The van der Waals surface area contributed by atoms with E-state index in [1.165, 1.54) is 0 Å². The second-order valence-electron chi connectivity index (χ2n) is 6.64. The van der Waals surface area contributed by atoms with Crippen LogP contribution in [0.3, 0.4) is 0 Å². The van der Waals surface area contributed by atoms with Crippen molar-refractivity contribution in [3.63, 3.8) is 0 Å². The van der Waals surface area contributed by atoms with Gasteiger partial charge in [-0.25, -0.2) is 14.6 Å². The number of rotatable bonds is 5. The quantitative estimate of drug-likeness (QED) is 0.573. The maximum atomic E-state index is 4.72. The van der Waals surface area contributed by atoms with Gasteiger partial charge in [0, 0.05) is 29.2 Å². The molecule has 140 valence electrons. The summed E-state index contributed by atoms with van der Waals surface area (Å²) in [7, 11) is 0. The Labute approximate surface area is 163 Å². The van der Waals surface area contributed by atoms with E-state index in [4.69, 9.17) is 4.98 Å². The summed E-state index contributed by atoms with van der Waals surface area (Å²) >= 11 is 0. The zero-order valence-electron chi connectivity index (χ0n) is 16.0. The molecule has 1 N–H and O–H groups in total. The molecule has 1 unspecified atom stereocenters. The van der Waals surface area contributed by atoms with Gasteiger partial charge >= 0.3 is 0 Å². The van der Waals surface area contributed by atoms with Gasteiger partial charge in [-0.05, 0) is 45.0 Å². The number of anilines is 1. The van der Waals surface area contributed by atoms with Crippen LogP contribution in [0.25, 0.3) is 17.1 Å². The van der Waals surface area contributed by atoms with Crippen LogP contribution in [0.2, 0.25) is 0 Å². The summed E-state index contributed by atoms with van der Waals surface area (Å²) in [5, 5.41) is 12.0. The van der Waals surface area contributed by atoms with Crippen molar-refractivity contribution in [2.45, 2.75) is 26.8 Å². The van der Waals surface area contributed by atoms with Crippen LogP contribution >= 0.6 is 0 Å². The average Bonchev–Trinajstić information content (AvgIpc) is 3.23. The zero-order chi connectivity index (χ0) is 19.5. The average molecular weight is 371 g/mol. The lowest BCUT2D eigenvalue weighted by atomic mass is 10.2. The number of nitrogens with zero attached hydrogens (tertiary/aromatic N) is 6. The molecule has 0 radical (unpaired) electrons. The summed E-state index contributed by atoms with van der Waals surface area (Å²) < 4.78 is 1.77. The van der Waals surface area contributed by atoms with Gasteiger partial charge in [-0.2, -0.15) is 0 Å². The van der Waals surface area contributed by atoms with Gasteiger partial charge in [-0.15, -0.1) is 5.10 Å². The molecule has 1 aromatic carbocycles. The van der Waals surface area contributed by atoms with E-state index < -0.39 is 0 Å². The molecule has 0 aliphatic rings. The maximum Gasteiger partial charge on any atom is 0.163 e. The van der Waals surface area contributed by atoms with E-state index >= 15 is 0 Å². The summed E-state index contributed by atoms with van der Waals surface area (Å²) in [6.07, 6.45) is 5.43. The molecule has 0 fully saturated rings. The highest BCUT2D eigenvalue weighted by molar-refractivity contribution is 5.59. The smallest absolute Gasteiger partial charge is 0.163 e. The lowest BCUT2D eigenvalue weighted by Gasteiger charge is -2.16. The number of aromatic nitrogens is 6. The van der Waals surface area contributed by atoms with Gasteiger partial charge in [-0.1, -0.05) is 23.4 Å². The van der Waals surface area contributed by atoms with E-state index in [0.29, 0.717) is 5.82 Å². The fraction of sp³-hybridized carbons (Fsp3) is 0.190. The Kier molecular flexibility index (Phi) is 4.80. The van der Waals surface area contributed by atoms with Crippen LogP contribution in [0.4, 0.5) is 5.82 Å². The number of nitrogens with one attached hydrogen (secondary N) is 1. The minimum Gasteiger partial charge on any atom is -0.361 e. The lowest BCUT2D eigenvalue weighted by molar-refractivity contribution is 0.778. The Morgan fingerprint density at radius 3 is 2.57 bits per heavy atom. The molecule has 0 saturated heterocycles. The van der Waals surface area contributed by atoms with Crippen molar-refractivity contribution in [2.75, 3.05) is 5.32 Å². The molecule has 0 amide bonds. The molecule has 0 saturated carbocycles. The van der Waals surface area contributed by atoms with Crippen LogP contribution in [0.15, 0.2) is 61.1 Å². The van der Waals surface area contributed by atoms with Crippen molar-refractivity contribution in [3.8, 4) is 17.1 Å². The van der Waals surface area contributed by atoms with Crippen LogP contribution in [0, 0.1) is 13.8 Å². The number of pyridine rings is 1. The Bertz CT molecular complexity index is 1070. The predicted molar refractivity (Wildman–Crippen MR) is 108 cm³/mol. The first-order chi connectivity index (χ1) is 13.6. The van der Waals surface area contributed by atoms with Crippen molar-refractivity contribution in [3.05, 3.63) is 78.0 Å². The Hall–Kier alpha value is -3.61. The number of hydrogen-bond acceptors (Lipinski definition) is 6. The van der Waals surface area contributed by atoms with Crippen LogP contribution in [-0.4, -0.2) is 29.9 Å². The van der Waals surface area contributed by atoms with Crippen LogP contribution in [0.5, 0.6) is 0 Å². The van der Waals surface area contributed by atoms with Gasteiger partial charge in [0.2, 0.25) is 0 Å². The molecule has 0 aliphatic carbocycles. The Morgan fingerprint density at radius 1 is 1.00 bits per heavy atom. The van der Waals surface area contributed by atoms with Gasteiger partial charge < -0.3 is 5.32 Å². The van der Waals surface area contributed by atoms with Gasteiger partial charge in [-0.3, -0.25) is 4.98 Å². The van der Waals surface area contributed by atoms with E-state index in [1.807, 2.05) is 69.4 Å². The first kappa shape index (κ1) is 17.8. The van der Waals surface area contributed by atoms with Gasteiger partial charge in [0.1, 0.15) is 11.5 Å². The van der Waals surface area contributed by atoms with Crippen LogP contribution in [-0.2, 0) is 0 Å². The normalized spacial score (nSPS) is 12.0. The molecular formula is C21H21N7. The standard InChI is InChI=1S/C21H21N7/c1-14-15(2)23-21(17-8-7-11-22-12-17)25-20(14)24-16(3)19-13-28(27-26-19)18-9-5-4-6-10-18/h4-13,16H,1-3H3,(H,23,24,25). The van der Waals surface area contributed by atoms with E-state index in [2.05, 4.69) is 25.6 Å². The highest BCUT2D eigenvalue weighted by Gasteiger charge is 2.15. The molecule has 3 aromatic heterocycles. The summed E-state index contributed by atoms with van der Waals surface area (Å²) in [4.78, 5) is 13.5. The molecule has 4 aromatic rings. The maximum absolute atomic E-state index is 4.72. The van der Waals surface area contributed by atoms with E-state index in [9.17, 15) is 0 Å². The van der Waals surface area contributed by atoms with E-state index in [1.54, 1.807) is 17.1 Å². The predicted octanol–water partition coefficient (Wildman–Crippen LogP) is 3.91. The van der Waals surface area contributed by atoms with Crippen molar-refractivity contribution >= 4 is 5.82 Å². The Morgan fingerprint density at radius 2 is 1.82 bits per heavy atom. The largest absolute Gasteiger partial charge is 0.361 e. The summed E-state index contributed by atoms with van der Waals surface area (Å²) in [6, 6.07) is 13.7. The SMILES string of the molecule is Cc1nc(-c2cccnc2)nc(NC(C)c2cn(-c3ccccc3)nn2)c1C. The zero-order valence-corrected chi connectivity index (χ0v) is 16.0. The molecule has 0 spiro atoms. The number of para-hydroxylation sites is 1. The topological polar surface area (TPSA) is 81.4 Å². The molecule has 3 heterocycles. The van der Waals surface area contributed by atoms with Gasteiger partial charge in [0.05, 0.1) is 17.9 Å². The fourth-order valence-corrected chi connectivity index (χ4v) is 2.85. The minimum absolute atomic E-state index is 0.0628. The molecule has 7 nitrogen and oxygen atoms in total. The highest BCUT2D eigenvalue weighted by atomic mass is 15.4. The first-order valence-corrected chi connectivity index (χ1v) is 9.11. The monoisotopic (exact) mass is 371 g/mol. The molecule has 4 rings (SSSR count). The van der Waals surface area contributed by atoms with Crippen molar-refractivity contribution in [1.82, 2.24) is 29.9 Å². The highest BCUT2D eigenvalue weighted by Crippen LogP contribution is 2.24. The summed E-state index contributed by atoms with van der Waals surface area (Å²) in [6.45, 7) is 6.04. The third-order valence-corrected chi connectivity index (χ3v) is 4.64. The molecule has 28 heavy (non-hydrogen) atoms.